The van der Waals surface area contributed by atoms with Crippen LogP contribution in [0.15, 0.2) is 24.5 Å². The molecule has 0 unspecified atom stereocenters. The van der Waals surface area contributed by atoms with Gasteiger partial charge >= 0.3 is 0 Å². The molecular formula is C14H15N5O. The van der Waals surface area contributed by atoms with Crippen molar-refractivity contribution in [1.82, 2.24) is 25.0 Å². The van der Waals surface area contributed by atoms with Gasteiger partial charge in [0.25, 0.3) is 0 Å². The van der Waals surface area contributed by atoms with E-state index in [9.17, 15) is 0 Å². The Morgan fingerprint density at radius 3 is 3.00 bits per heavy atom. The largest absolute Gasteiger partial charge is 0.494 e. The van der Waals surface area contributed by atoms with Crippen molar-refractivity contribution in [1.29, 1.82) is 0 Å². The van der Waals surface area contributed by atoms with E-state index in [2.05, 4.69) is 20.5 Å². The minimum absolute atomic E-state index is 0.531. The number of hydrogen-bond acceptors (Lipinski definition) is 4. The SMILES string of the molecule is COc1cc(-c2n[nH]nc2C2CCC2)cn2nccc12. The maximum Gasteiger partial charge on any atom is 0.145 e. The number of pyridine rings is 1. The first-order chi connectivity index (χ1) is 9.86. The number of nitrogens with one attached hydrogen (secondary N) is 1. The van der Waals surface area contributed by atoms with Crippen LogP contribution >= 0.6 is 0 Å². The zero-order valence-electron chi connectivity index (χ0n) is 11.2. The van der Waals surface area contributed by atoms with E-state index in [1.54, 1.807) is 13.3 Å². The summed E-state index contributed by atoms with van der Waals surface area (Å²) in [6.45, 7) is 0. The summed E-state index contributed by atoms with van der Waals surface area (Å²) < 4.78 is 7.26. The van der Waals surface area contributed by atoms with Crippen LogP contribution in [0.3, 0.4) is 0 Å². The maximum absolute atomic E-state index is 5.45. The molecule has 4 rings (SSSR count). The fourth-order valence-electron chi connectivity index (χ4n) is 2.71. The van der Waals surface area contributed by atoms with Gasteiger partial charge in [-0.05, 0) is 25.0 Å². The molecule has 3 aromatic rings. The van der Waals surface area contributed by atoms with Crippen LogP contribution in [-0.2, 0) is 0 Å². The smallest absolute Gasteiger partial charge is 0.145 e. The second-order valence-corrected chi connectivity index (χ2v) is 5.14. The van der Waals surface area contributed by atoms with E-state index in [4.69, 9.17) is 4.74 Å². The standard InChI is InChI=1S/C14H15N5O/c1-20-12-7-10(8-19-11(12)5-6-15-19)14-13(16-18-17-14)9-3-2-4-9/h5-9H,2-4H2,1H3,(H,16,17,18). The molecule has 0 amide bonds. The summed E-state index contributed by atoms with van der Waals surface area (Å²) in [6, 6.07) is 3.93. The van der Waals surface area contributed by atoms with Crippen LogP contribution < -0.4 is 4.74 Å². The van der Waals surface area contributed by atoms with Gasteiger partial charge in [0.15, 0.2) is 0 Å². The first-order valence-electron chi connectivity index (χ1n) is 6.79. The molecular weight excluding hydrogens is 254 g/mol. The average Bonchev–Trinajstić information content (AvgIpc) is 3.03. The lowest BCUT2D eigenvalue weighted by Gasteiger charge is -2.23. The minimum atomic E-state index is 0.531. The Labute approximate surface area is 115 Å². The Morgan fingerprint density at radius 1 is 1.35 bits per heavy atom. The van der Waals surface area contributed by atoms with Crippen molar-refractivity contribution < 1.29 is 4.74 Å². The van der Waals surface area contributed by atoms with Crippen LogP contribution in [0.4, 0.5) is 0 Å². The van der Waals surface area contributed by atoms with E-state index in [1.807, 2.05) is 22.8 Å². The Bertz CT molecular complexity index is 756. The molecule has 102 valence electrons. The highest BCUT2D eigenvalue weighted by Gasteiger charge is 2.26. The van der Waals surface area contributed by atoms with E-state index in [1.165, 1.54) is 19.3 Å². The summed E-state index contributed by atoms with van der Waals surface area (Å²) in [5, 5.41) is 15.7. The van der Waals surface area contributed by atoms with E-state index in [0.717, 1.165) is 28.2 Å². The Kier molecular flexibility index (Phi) is 2.48. The van der Waals surface area contributed by atoms with Crippen LogP contribution in [-0.4, -0.2) is 32.1 Å². The number of methoxy groups -OCH3 is 1. The van der Waals surface area contributed by atoms with Crippen LogP contribution in [0.1, 0.15) is 30.9 Å². The van der Waals surface area contributed by atoms with Gasteiger partial charge in [0.2, 0.25) is 0 Å². The summed E-state index contributed by atoms with van der Waals surface area (Å²) in [4.78, 5) is 0. The van der Waals surface area contributed by atoms with Gasteiger partial charge in [0.1, 0.15) is 17.0 Å². The topological polar surface area (TPSA) is 68.1 Å². The molecule has 3 heterocycles. The normalized spacial score (nSPS) is 15.4. The van der Waals surface area contributed by atoms with Crippen LogP contribution in [0.25, 0.3) is 16.8 Å². The molecule has 0 spiro atoms. The molecule has 0 aromatic carbocycles. The van der Waals surface area contributed by atoms with E-state index >= 15 is 0 Å². The monoisotopic (exact) mass is 269 g/mol. The predicted octanol–water partition coefficient (Wildman–Crippen LogP) is 2.40. The van der Waals surface area contributed by atoms with Gasteiger partial charge in [-0.25, -0.2) is 4.52 Å². The number of fused-ring (bicyclic) bond motifs is 1. The highest BCUT2D eigenvalue weighted by atomic mass is 16.5. The number of ether oxygens (including phenoxy) is 1. The molecule has 3 aromatic heterocycles. The average molecular weight is 269 g/mol. The van der Waals surface area contributed by atoms with Crippen LogP contribution in [0.2, 0.25) is 0 Å². The maximum atomic E-state index is 5.45. The van der Waals surface area contributed by atoms with Crippen molar-refractivity contribution in [2.24, 2.45) is 0 Å². The van der Waals surface area contributed by atoms with E-state index in [0.29, 0.717) is 5.92 Å². The van der Waals surface area contributed by atoms with Crippen molar-refractivity contribution in [2.75, 3.05) is 7.11 Å². The summed E-state index contributed by atoms with van der Waals surface area (Å²) in [6.07, 6.45) is 7.40. The van der Waals surface area contributed by atoms with Crippen LogP contribution in [0, 0.1) is 0 Å². The number of H-pyrrole nitrogens is 1. The third-order valence-corrected chi connectivity index (χ3v) is 4.03. The second kappa shape index (κ2) is 4.33. The molecule has 0 aliphatic heterocycles. The van der Waals surface area contributed by atoms with Gasteiger partial charge in [-0.3, -0.25) is 0 Å². The van der Waals surface area contributed by atoms with Gasteiger partial charge in [-0.15, -0.1) is 0 Å². The molecule has 1 fully saturated rings. The van der Waals surface area contributed by atoms with Crippen LogP contribution in [0.5, 0.6) is 5.75 Å². The number of hydrogen-bond donors (Lipinski definition) is 1. The van der Waals surface area contributed by atoms with E-state index in [-0.39, 0.29) is 0 Å². The summed E-state index contributed by atoms with van der Waals surface area (Å²) in [5.74, 6) is 1.32. The predicted molar refractivity (Wildman–Crippen MR) is 73.7 cm³/mol. The lowest BCUT2D eigenvalue weighted by molar-refractivity contribution is 0.411. The van der Waals surface area contributed by atoms with Crippen molar-refractivity contribution in [2.45, 2.75) is 25.2 Å². The number of aromatic nitrogens is 5. The highest BCUT2D eigenvalue weighted by Crippen LogP contribution is 2.39. The number of aromatic amines is 1. The van der Waals surface area contributed by atoms with Gasteiger partial charge in [-0.1, -0.05) is 6.42 Å². The second-order valence-electron chi connectivity index (χ2n) is 5.14. The fraction of sp³-hybridized carbons (Fsp3) is 0.357. The zero-order valence-corrected chi connectivity index (χ0v) is 11.2. The molecule has 6 heteroatoms. The van der Waals surface area contributed by atoms with Crippen molar-refractivity contribution in [3.8, 4) is 17.0 Å². The molecule has 6 nitrogen and oxygen atoms in total. The lowest BCUT2D eigenvalue weighted by Crippen LogP contribution is -2.10. The molecule has 1 saturated carbocycles. The Morgan fingerprint density at radius 2 is 2.25 bits per heavy atom. The highest BCUT2D eigenvalue weighted by molar-refractivity contribution is 5.70. The summed E-state index contributed by atoms with van der Waals surface area (Å²) in [5.41, 5.74) is 3.90. The molecule has 0 atom stereocenters. The third kappa shape index (κ3) is 1.61. The van der Waals surface area contributed by atoms with Crippen molar-refractivity contribution in [3.63, 3.8) is 0 Å². The van der Waals surface area contributed by atoms with Gasteiger partial charge < -0.3 is 4.74 Å². The van der Waals surface area contributed by atoms with Gasteiger partial charge in [0.05, 0.1) is 19.0 Å². The third-order valence-electron chi connectivity index (χ3n) is 4.03. The minimum Gasteiger partial charge on any atom is -0.494 e. The zero-order chi connectivity index (χ0) is 13.5. The first kappa shape index (κ1) is 11.5. The summed E-state index contributed by atoms with van der Waals surface area (Å²) in [7, 11) is 1.67. The number of nitrogens with zero attached hydrogens (tertiary/aromatic N) is 4. The van der Waals surface area contributed by atoms with Gasteiger partial charge in [0, 0.05) is 17.7 Å². The summed E-state index contributed by atoms with van der Waals surface area (Å²) >= 11 is 0. The fourth-order valence-corrected chi connectivity index (χ4v) is 2.71. The molecule has 0 bridgehead atoms. The Balaban J connectivity index is 1.87. The number of rotatable bonds is 3. The molecule has 1 aliphatic carbocycles. The van der Waals surface area contributed by atoms with Crippen molar-refractivity contribution in [3.05, 3.63) is 30.2 Å². The quantitative estimate of drug-likeness (QED) is 0.792. The molecule has 0 radical (unpaired) electrons. The Hall–Kier alpha value is -2.37. The molecule has 1 aliphatic rings. The first-order valence-corrected chi connectivity index (χ1v) is 6.79. The lowest BCUT2D eigenvalue weighted by atomic mass is 9.81. The van der Waals surface area contributed by atoms with Gasteiger partial charge in [-0.2, -0.15) is 20.5 Å². The van der Waals surface area contributed by atoms with Crippen molar-refractivity contribution >= 4 is 5.52 Å². The molecule has 1 N–H and O–H groups in total. The molecule has 20 heavy (non-hydrogen) atoms. The molecule has 0 saturated heterocycles. The van der Waals surface area contributed by atoms with E-state index < -0.39 is 0 Å².